The average Bonchev–Trinajstić information content (AvgIpc) is 3.26. The van der Waals surface area contributed by atoms with Crippen LogP contribution in [0, 0.1) is 17.4 Å². The Bertz CT molecular complexity index is 463. The zero-order valence-electron chi connectivity index (χ0n) is 12.1. The van der Waals surface area contributed by atoms with Crippen molar-refractivity contribution in [2.45, 2.75) is 25.3 Å². The lowest BCUT2D eigenvalue weighted by atomic mass is 10.1. The first kappa shape index (κ1) is 14.6. The molecule has 0 radical (unpaired) electrons. The molecule has 1 aliphatic carbocycles. The second-order valence-corrected chi connectivity index (χ2v) is 5.66. The predicted octanol–water partition coefficient (Wildman–Crippen LogP) is 2.74. The highest BCUT2D eigenvalue weighted by atomic mass is 15.2. The Morgan fingerprint density at radius 1 is 1.50 bits per heavy atom. The number of nitriles is 1. The van der Waals surface area contributed by atoms with Gasteiger partial charge in [0.1, 0.15) is 0 Å². The molecule has 1 N–H and O–H groups in total. The van der Waals surface area contributed by atoms with Gasteiger partial charge in [-0.15, -0.1) is 6.58 Å². The SMILES string of the molecule is C=CCN(CC(C)CNC#N)C1CC1c1ccccc1. The Balaban J connectivity index is 1.90. The summed E-state index contributed by atoms with van der Waals surface area (Å²) in [5.74, 6) is 1.12. The van der Waals surface area contributed by atoms with Crippen LogP contribution in [0.4, 0.5) is 0 Å². The number of nitrogens with zero attached hydrogens (tertiary/aromatic N) is 2. The minimum atomic E-state index is 0.464. The number of nitrogens with one attached hydrogen (secondary N) is 1. The van der Waals surface area contributed by atoms with Crippen molar-refractivity contribution in [3.05, 3.63) is 48.6 Å². The summed E-state index contributed by atoms with van der Waals surface area (Å²) in [5.41, 5.74) is 1.44. The first-order chi connectivity index (χ1) is 9.76. The molecule has 1 aromatic rings. The summed E-state index contributed by atoms with van der Waals surface area (Å²) in [7, 11) is 0. The molecule has 0 amide bonds. The van der Waals surface area contributed by atoms with Gasteiger partial charge in [-0.2, -0.15) is 5.26 Å². The van der Waals surface area contributed by atoms with Crippen LogP contribution in [-0.2, 0) is 0 Å². The second kappa shape index (κ2) is 7.12. The Morgan fingerprint density at radius 3 is 2.90 bits per heavy atom. The lowest BCUT2D eigenvalue weighted by Crippen LogP contribution is -2.34. The third-order valence-electron chi connectivity index (χ3n) is 3.89. The standard InChI is InChI=1S/C17H23N3/c1-3-9-20(12-14(2)11-19-13-18)17-10-16(17)15-7-5-4-6-8-15/h3-8,14,16-17,19H,1,9-12H2,2H3. The smallest absolute Gasteiger partial charge is 0.176 e. The van der Waals surface area contributed by atoms with Crippen molar-refractivity contribution in [3.63, 3.8) is 0 Å². The van der Waals surface area contributed by atoms with Crippen molar-refractivity contribution in [1.29, 1.82) is 5.26 Å². The highest BCUT2D eigenvalue weighted by molar-refractivity contribution is 5.28. The molecule has 0 aliphatic heterocycles. The molecule has 1 fully saturated rings. The van der Waals surface area contributed by atoms with Gasteiger partial charge >= 0.3 is 0 Å². The molecule has 3 unspecified atom stereocenters. The average molecular weight is 269 g/mol. The van der Waals surface area contributed by atoms with E-state index >= 15 is 0 Å². The highest BCUT2D eigenvalue weighted by Crippen LogP contribution is 2.44. The second-order valence-electron chi connectivity index (χ2n) is 5.66. The molecule has 2 rings (SSSR count). The number of rotatable bonds is 8. The lowest BCUT2D eigenvalue weighted by molar-refractivity contribution is 0.246. The fourth-order valence-electron chi connectivity index (χ4n) is 2.84. The van der Waals surface area contributed by atoms with Crippen LogP contribution in [0.5, 0.6) is 0 Å². The van der Waals surface area contributed by atoms with E-state index in [9.17, 15) is 0 Å². The van der Waals surface area contributed by atoms with Gasteiger partial charge in [0, 0.05) is 31.6 Å². The largest absolute Gasteiger partial charge is 0.324 e. The van der Waals surface area contributed by atoms with E-state index in [1.54, 1.807) is 0 Å². The Hall–Kier alpha value is -1.79. The fraction of sp³-hybridized carbons (Fsp3) is 0.471. The first-order valence-electron chi connectivity index (χ1n) is 7.28. The molecule has 0 heterocycles. The molecule has 3 heteroatoms. The van der Waals surface area contributed by atoms with Gasteiger partial charge in [-0.05, 0) is 17.9 Å². The molecule has 1 aliphatic rings. The summed E-state index contributed by atoms with van der Waals surface area (Å²) in [4.78, 5) is 2.49. The quantitative estimate of drug-likeness (QED) is 0.448. The van der Waals surface area contributed by atoms with Crippen LogP contribution in [0.2, 0.25) is 0 Å². The molecule has 0 saturated heterocycles. The van der Waals surface area contributed by atoms with Crippen LogP contribution in [0.3, 0.4) is 0 Å². The van der Waals surface area contributed by atoms with Gasteiger partial charge < -0.3 is 5.32 Å². The summed E-state index contributed by atoms with van der Waals surface area (Å²) in [6.07, 6.45) is 5.20. The molecule has 0 aromatic heterocycles. The van der Waals surface area contributed by atoms with Gasteiger partial charge in [0.2, 0.25) is 0 Å². The zero-order chi connectivity index (χ0) is 14.4. The van der Waals surface area contributed by atoms with Crippen LogP contribution < -0.4 is 5.32 Å². The maximum atomic E-state index is 8.57. The zero-order valence-corrected chi connectivity index (χ0v) is 12.1. The maximum absolute atomic E-state index is 8.57. The molecular weight excluding hydrogens is 246 g/mol. The lowest BCUT2D eigenvalue weighted by Gasteiger charge is -2.24. The Labute approximate surface area is 121 Å². The molecule has 0 bridgehead atoms. The minimum absolute atomic E-state index is 0.464. The summed E-state index contributed by atoms with van der Waals surface area (Å²) >= 11 is 0. The van der Waals surface area contributed by atoms with E-state index in [4.69, 9.17) is 5.26 Å². The monoisotopic (exact) mass is 269 g/mol. The van der Waals surface area contributed by atoms with Crippen LogP contribution in [-0.4, -0.2) is 30.6 Å². The summed E-state index contributed by atoms with van der Waals surface area (Å²) in [6, 6.07) is 11.4. The molecule has 0 spiro atoms. The third kappa shape index (κ3) is 3.85. The van der Waals surface area contributed by atoms with Crippen molar-refractivity contribution in [3.8, 4) is 6.19 Å². The van der Waals surface area contributed by atoms with Crippen LogP contribution in [0.15, 0.2) is 43.0 Å². The predicted molar refractivity (Wildman–Crippen MR) is 82.1 cm³/mol. The van der Waals surface area contributed by atoms with E-state index in [-0.39, 0.29) is 0 Å². The first-order valence-corrected chi connectivity index (χ1v) is 7.28. The maximum Gasteiger partial charge on any atom is 0.176 e. The molecule has 1 aromatic carbocycles. The molecule has 1 saturated carbocycles. The third-order valence-corrected chi connectivity index (χ3v) is 3.89. The van der Waals surface area contributed by atoms with E-state index in [1.165, 1.54) is 12.0 Å². The molecule has 3 nitrogen and oxygen atoms in total. The molecule has 106 valence electrons. The minimum Gasteiger partial charge on any atom is -0.324 e. The van der Waals surface area contributed by atoms with E-state index in [0.717, 1.165) is 19.6 Å². The van der Waals surface area contributed by atoms with Gasteiger partial charge in [0.25, 0.3) is 0 Å². The van der Waals surface area contributed by atoms with Gasteiger partial charge in [0.05, 0.1) is 0 Å². The van der Waals surface area contributed by atoms with Gasteiger partial charge in [-0.25, -0.2) is 0 Å². The molecule has 3 atom stereocenters. The summed E-state index contributed by atoms with van der Waals surface area (Å²) < 4.78 is 0. The number of hydrogen-bond donors (Lipinski definition) is 1. The van der Waals surface area contributed by atoms with Crippen molar-refractivity contribution >= 4 is 0 Å². The van der Waals surface area contributed by atoms with E-state index in [0.29, 0.717) is 17.9 Å². The van der Waals surface area contributed by atoms with E-state index in [2.05, 4.69) is 54.1 Å². The van der Waals surface area contributed by atoms with Crippen molar-refractivity contribution < 1.29 is 0 Å². The van der Waals surface area contributed by atoms with Crippen molar-refractivity contribution in [1.82, 2.24) is 10.2 Å². The molecule has 20 heavy (non-hydrogen) atoms. The normalized spacial score (nSPS) is 22.1. The van der Waals surface area contributed by atoms with Gasteiger partial charge in [-0.3, -0.25) is 4.90 Å². The van der Waals surface area contributed by atoms with Crippen molar-refractivity contribution in [2.75, 3.05) is 19.6 Å². The number of hydrogen-bond acceptors (Lipinski definition) is 3. The van der Waals surface area contributed by atoms with Crippen LogP contribution in [0.1, 0.15) is 24.8 Å². The highest BCUT2D eigenvalue weighted by Gasteiger charge is 2.42. The number of benzene rings is 1. The van der Waals surface area contributed by atoms with Gasteiger partial charge in [-0.1, -0.05) is 43.3 Å². The van der Waals surface area contributed by atoms with E-state index < -0.39 is 0 Å². The fourth-order valence-corrected chi connectivity index (χ4v) is 2.84. The van der Waals surface area contributed by atoms with Gasteiger partial charge in [0.15, 0.2) is 6.19 Å². The summed E-state index contributed by atoms with van der Waals surface area (Å²) in [5, 5.41) is 11.3. The summed E-state index contributed by atoms with van der Waals surface area (Å²) in [6.45, 7) is 8.72. The molecular formula is C17H23N3. The Kier molecular flexibility index (Phi) is 5.20. The Morgan fingerprint density at radius 2 is 2.25 bits per heavy atom. The van der Waals surface area contributed by atoms with Crippen LogP contribution in [0.25, 0.3) is 0 Å². The topological polar surface area (TPSA) is 39.1 Å². The van der Waals surface area contributed by atoms with Crippen molar-refractivity contribution in [2.24, 2.45) is 5.92 Å². The van der Waals surface area contributed by atoms with E-state index in [1.807, 2.05) is 12.3 Å². The van der Waals surface area contributed by atoms with Crippen LogP contribution >= 0.6 is 0 Å².